The van der Waals surface area contributed by atoms with Gasteiger partial charge in [-0.05, 0) is 87.3 Å². The highest BCUT2D eigenvalue weighted by molar-refractivity contribution is 5.40. The van der Waals surface area contributed by atoms with Crippen LogP contribution in [0.1, 0.15) is 72.6 Å². The average molecular weight is 417 g/mol. The van der Waals surface area contributed by atoms with Crippen LogP contribution >= 0.6 is 0 Å². The second kappa shape index (κ2) is 9.12. The smallest absolute Gasteiger partial charge is 0.0811 e. The Morgan fingerprint density at radius 2 is 2.07 bits per heavy atom. The zero-order chi connectivity index (χ0) is 22.1. The van der Waals surface area contributed by atoms with Gasteiger partial charge in [0.05, 0.1) is 30.5 Å². The van der Waals surface area contributed by atoms with Crippen LogP contribution in [0.3, 0.4) is 0 Å². The van der Waals surface area contributed by atoms with E-state index in [4.69, 9.17) is 4.74 Å². The number of ether oxygens (including phenoxy) is 1. The third-order valence-electron chi connectivity index (χ3n) is 7.40. The van der Waals surface area contributed by atoms with Crippen LogP contribution in [-0.2, 0) is 4.74 Å². The minimum absolute atomic E-state index is 0.0588. The summed E-state index contributed by atoms with van der Waals surface area (Å²) in [5.74, 6) is 0.477. The van der Waals surface area contributed by atoms with E-state index in [1.807, 2.05) is 13.8 Å². The summed E-state index contributed by atoms with van der Waals surface area (Å²) in [4.78, 5) is 0. The van der Waals surface area contributed by atoms with Crippen LogP contribution in [0, 0.1) is 11.3 Å². The quantitative estimate of drug-likeness (QED) is 0.553. The summed E-state index contributed by atoms with van der Waals surface area (Å²) < 4.78 is 6.12. The average Bonchev–Trinajstić information content (AvgIpc) is 3.00. The Balaban J connectivity index is 1.71. The number of allylic oxidation sites excluding steroid dienone is 4. The Kier molecular flexibility index (Phi) is 7.13. The number of rotatable bonds is 6. The van der Waals surface area contributed by atoms with Crippen molar-refractivity contribution in [3.63, 3.8) is 0 Å². The topological polar surface area (TPSA) is 69.9 Å². The van der Waals surface area contributed by atoms with Gasteiger partial charge in [0.1, 0.15) is 0 Å². The molecule has 0 saturated heterocycles. The van der Waals surface area contributed by atoms with Crippen molar-refractivity contribution < 1.29 is 20.1 Å². The summed E-state index contributed by atoms with van der Waals surface area (Å²) >= 11 is 0. The fourth-order valence-electron chi connectivity index (χ4n) is 5.52. The van der Waals surface area contributed by atoms with E-state index in [1.165, 1.54) is 17.6 Å². The number of aliphatic hydroxyl groups excluding tert-OH is 2. The molecule has 168 valence electrons. The molecule has 3 aliphatic carbocycles. The molecule has 0 unspecified atom stereocenters. The van der Waals surface area contributed by atoms with Gasteiger partial charge in [0, 0.05) is 6.42 Å². The molecule has 0 aliphatic heterocycles. The summed E-state index contributed by atoms with van der Waals surface area (Å²) in [6, 6.07) is 0. The maximum absolute atomic E-state index is 10.1. The van der Waals surface area contributed by atoms with Crippen molar-refractivity contribution in [1.29, 1.82) is 0 Å². The summed E-state index contributed by atoms with van der Waals surface area (Å²) in [6.07, 6.45) is 11.6. The normalized spacial score (nSPS) is 36.2. The fourth-order valence-corrected chi connectivity index (χ4v) is 5.52. The molecular weight excluding hydrogens is 376 g/mol. The third-order valence-corrected chi connectivity index (χ3v) is 7.40. The van der Waals surface area contributed by atoms with E-state index in [9.17, 15) is 15.3 Å². The SMILES string of the molecule is C=C1C(=CC=C2CCC[C@]3(C)C([C@@H](C)OCCC(C)(C)O)=CC[C@@H]23)C[C@@H](O)C[C@@H]1O. The molecule has 4 heteroatoms. The standard InChI is InChI=1S/C26H40O4/c1-17-20(15-21(27)16-24(17)28)9-8-19-7-6-12-26(5)22(10-11-23(19)26)18(2)30-14-13-25(3,4)29/h8-10,18,21,23-24,27-29H,1,6-7,11-16H2,2-5H3/t18-,21-,23+,24+,26-/m1/s1. The molecule has 0 aromatic carbocycles. The first-order valence-corrected chi connectivity index (χ1v) is 11.5. The molecule has 0 aromatic heterocycles. The Labute approximate surface area is 182 Å². The number of hydrogen-bond donors (Lipinski definition) is 3. The molecule has 0 bridgehead atoms. The molecule has 0 amide bonds. The minimum atomic E-state index is -0.700. The van der Waals surface area contributed by atoms with E-state index in [2.05, 4.69) is 38.7 Å². The first-order chi connectivity index (χ1) is 14.0. The molecular formula is C26H40O4. The Bertz CT molecular complexity index is 739. The van der Waals surface area contributed by atoms with Crippen molar-refractivity contribution in [2.24, 2.45) is 11.3 Å². The van der Waals surface area contributed by atoms with Gasteiger partial charge in [-0.25, -0.2) is 0 Å². The summed E-state index contributed by atoms with van der Waals surface area (Å²) in [7, 11) is 0. The lowest BCUT2D eigenvalue weighted by Gasteiger charge is -2.42. The number of hydrogen-bond acceptors (Lipinski definition) is 4. The monoisotopic (exact) mass is 416 g/mol. The maximum atomic E-state index is 10.1. The second-order valence-corrected chi connectivity index (χ2v) is 10.4. The van der Waals surface area contributed by atoms with E-state index in [-0.39, 0.29) is 11.5 Å². The molecule has 5 atom stereocenters. The third kappa shape index (κ3) is 5.16. The zero-order valence-electron chi connectivity index (χ0n) is 19.2. The van der Waals surface area contributed by atoms with Crippen molar-refractivity contribution in [2.45, 2.75) is 96.6 Å². The first kappa shape index (κ1) is 23.5. The highest BCUT2D eigenvalue weighted by Gasteiger charge is 2.46. The van der Waals surface area contributed by atoms with Crippen molar-refractivity contribution in [1.82, 2.24) is 0 Å². The minimum Gasteiger partial charge on any atom is -0.393 e. The zero-order valence-corrected chi connectivity index (χ0v) is 19.2. The highest BCUT2D eigenvalue weighted by atomic mass is 16.5. The number of fused-ring (bicyclic) bond motifs is 1. The maximum Gasteiger partial charge on any atom is 0.0811 e. The van der Waals surface area contributed by atoms with Crippen LogP contribution in [0.15, 0.2) is 47.1 Å². The van der Waals surface area contributed by atoms with Crippen molar-refractivity contribution in [3.05, 3.63) is 47.1 Å². The summed E-state index contributed by atoms with van der Waals surface area (Å²) in [5.41, 5.74) is 3.97. The predicted octanol–water partition coefficient (Wildman–Crippen LogP) is 4.61. The largest absolute Gasteiger partial charge is 0.393 e. The van der Waals surface area contributed by atoms with Gasteiger partial charge < -0.3 is 20.1 Å². The van der Waals surface area contributed by atoms with E-state index in [0.29, 0.717) is 31.8 Å². The molecule has 0 spiro atoms. The van der Waals surface area contributed by atoms with Crippen LogP contribution < -0.4 is 0 Å². The predicted molar refractivity (Wildman–Crippen MR) is 121 cm³/mol. The molecule has 3 rings (SSSR count). The highest BCUT2D eigenvalue weighted by Crippen LogP contribution is 2.55. The van der Waals surface area contributed by atoms with Crippen LogP contribution in [0.5, 0.6) is 0 Å². The Morgan fingerprint density at radius 3 is 2.77 bits per heavy atom. The summed E-state index contributed by atoms with van der Waals surface area (Å²) in [6.45, 7) is 12.7. The van der Waals surface area contributed by atoms with Crippen molar-refractivity contribution in [3.8, 4) is 0 Å². The lowest BCUT2D eigenvalue weighted by Crippen LogP contribution is -2.35. The van der Waals surface area contributed by atoms with Crippen molar-refractivity contribution in [2.75, 3.05) is 6.61 Å². The lowest BCUT2D eigenvalue weighted by atomic mass is 9.63. The van der Waals surface area contributed by atoms with E-state index in [0.717, 1.165) is 30.4 Å². The molecule has 3 N–H and O–H groups in total. The van der Waals surface area contributed by atoms with Gasteiger partial charge in [-0.15, -0.1) is 0 Å². The molecule has 0 aromatic rings. The fraction of sp³-hybridized carbons (Fsp3) is 0.692. The van der Waals surface area contributed by atoms with Gasteiger partial charge in [-0.3, -0.25) is 0 Å². The van der Waals surface area contributed by atoms with Gasteiger partial charge in [0.15, 0.2) is 0 Å². The first-order valence-electron chi connectivity index (χ1n) is 11.5. The molecule has 0 radical (unpaired) electrons. The van der Waals surface area contributed by atoms with Crippen LogP contribution in [0.25, 0.3) is 0 Å². The van der Waals surface area contributed by atoms with E-state index in [1.54, 1.807) is 0 Å². The molecule has 4 nitrogen and oxygen atoms in total. The molecule has 3 aliphatic rings. The van der Waals surface area contributed by atoms with Gasteiger partial charge in [-0.1, -0.05) is 37.3 Å². The van der Waals surface area contributed by atoms with Gasteiger partial charge in [0.25, 0.3) is 0 Å². The van der Waals surface area contributed by atoms with Gasteiger partial charge in [0.2, 0.25) is 0 Å². The Morgan fingerprint density at radius 1 is 1.33 bits per heavy atom. The molecule has 2 fully saturated rings. The summed E-state index contributed by atoms with van der Waals surface area (Å²) in [5, 5.41) is 30.1. The van der Waals surface area contributed by atoms with Gasteiger partial charge >= 0.3 is 0 Å². The van der Waals surface area contributed by atoms with E-state index >= 15 is 0 Å². The van der Waals surface area contributed by atoms with Crippen LogP contribution in [-0.4, -0.2) is 45.8 Å². The van der Waals surface area contributed by atoms with E-state index < -0.39 is 17.8 Å². The van der Waals surface area contributed by atoms with Crippen LogP contribution in [0.4, 0.5) is 0 Å². The number of aliphatic hydroxyl groups is 3. The molecule has 2 saturated carbocycles. The molecule has 0 heterocycles. The lowest BCUT2D eigenvalue weighted by molar-refractivity contribution is 0.00738. The van der Waals surface area contributed by atoms with Gasteiger partial charge in [-0.2, -0.15) is 0 Å². The second-order valence-electron chi connectivity index (χ2n) is 10.4. The Hall–Kier alpha value is -1.20. The van der Waals surface area contributed by atoms with Crippen molar-refractivity contribution >= 4 is 0 Å². The molecule has 30 heavy (non-hydrogen) atoms. The van der Waals surface area contributed by atoms with Crippen LogP contribution in [0.2, 0.25) is 0 Å².